The maximum atomic E-state index is 10.4. The summed E-state index contributed by atoms with van der Waals surface area (Å²) in [5.74, 6) is 0.627. The van der Waals surface area contributed by atoms with Crippen molar-refractivity contribution in [3.63, 3.8) is 0 Å². The molecule has 1 heterocycles. The van der Waals surface area contributed by atoms with Crippen LogP contribution in [-0.4, -0.2) is 91.3 Å². The second-order valence-electron chi connectivity index (χ2n) is 9.21. The molecule has 198 valence electrons. The number of methoxy groups -OCH3 is 3. The molecule has 1 aliphatic carbocycles. The van der Waals surface area contributed by atoms with E-state index in [1.54, 1.807) is 32.4 Å². The number of hydrogen-bond donors (Lipinski definition) is 5. The number of hydrogen-bond acceptors (Lipinski definition) is 10. The Balaban J connectivity index is 1.75. The molecule has 0 radical (unpaired) electrons. The first-order chi connectivity index (χ1) is 17.3. The van der Waals surface area contributed by atoms with Gasteiger partial charge in [0.1, 0.15) is 18.3 Å². The fourth-order valence-corrected chi connectivity index (χ4v) is 5.22. The minimum absolute atomic E-state index is 0.00220. The Kier molecular flexibility index (Phi) is 8.23. The number of aliphatic hydroxyl groups is 4. The fourth-order valence-electron chi connectivity index (χ4n) is 5.22. The highest BCUT2D eigenvalue weighted by Crippen LogP contribution is 2.48. The lowest BCUT2D eigenvalue weighted by Gasteiger charge is -2.41. The summed E-state index contributed by atoms with van der Waals surface area (Å²) in [6, 6.07) is 8.91. The van der Waals surface area contributed by atoms with Crippen molar-refractivity contribution < 1.29 is 49.2 Å². The molecule has 2 aromatic rings. The molecule has 4 rings (SSSR count). The highest BCUT2D eigenvalue weighted by molar-refractivity contribution is 5.54. The zero-order valence-electron chi connectivity index (χ0n) is 20.5. The second kappa shape index (κ2) is 11.2. The summed E-state index contributed by atoms with van der Waals surface area (Å²) in [4.78, 5) is 0. The molecule has 10 nitrogen and oxygen atoms in total. The van der Waals surface area contributed by atoms with Gasteiger partial charge in [-0.1, -0.05) is 6.07 Å². The Morgan fingerprint density at radius 3 is 2.28 bits per heavy atom. The van der Waals surface area contributed by atoms with Crippen LogP contribution < -0.4 is 14.2 Å². The standard InChI is InChI=1S/C26H34O10/c1-32-20-7-13(4-5-18(20)28)23-16-9-22(34-3)21(33-2)8-14(16)6-15(10-27)17(23)11-35-26-25(31)24(30)19(29)12-36-26/h4-5,7-9,15,17,19,23-31H,6,10-12H2,1-3H3/t15?,17?,19?,23?,24-,25?,26?/m0/s1. The van der Waals surface area contributed by atoms with E-state index in [9.17, 15) is 25.5 Å². The van der Waals surface area contributed by atoms with Gasteiger partial charge in [-0.25, -0.2) is 0 Å². The highest BCUT2D eigenvalue weighted by Gasteiger charge is 2.42. The van der Waals surface area contributed by atoms with Gasteiger partial charge in [-0.05, 0) is 59.2 Å². The number of benzene rings is 2. The number of phenols is 1. The van der Waals surface area contributed by atoms with Gasteiger partial charge in [0.15, 0.2) is 29.3 Å². The Hall–Kier alpha value is -2.60. The summed E-state index contributed by atoms with van der Waals surface area (Å²) in [5.41, 5.74) is 2.75. The molecule has 2 aromatic carbocycles. The van der Waals surface area contributed by atoms with Crippen molar-refractivity contribution in [2.75, 3.05) is 41.2 Å². The SMILES string of the molecule is COc1cc(C2c3cc(OC)c(OC)cc3CC(CO)C2COC2OCC(O)[C@H](O)C2O)ccc1O. The predicted molar refractivity (Wildman–Crippen MR) is 128 cm³/mol. The van der Waals surface area contributed by atoms with Crippen molar-refractivity contribution in [1.29, 1.82) is 0 Å². The zero-order valence-corrected chi connectivity index (χ0v) is 20.5. The van der Waals surface area contributed by atoms with Crippen LogP contribution in [0.3, 0.4) is 0 Å². The molecule has 6 unspecified atom stereocenters. The molecular formula is C26H34O10. The number of aliphatic hydroxyl groups excluding tert-OH is 4. The van der Waals surface area contributed by atoms with Gasteiger partial charge in [-0.2, -0.15) is 0 Å². The molecule has 10 heteroatoms. The van der Waals surface area contributed by atoms with Gasteiger partial charge in [0.25, 0.3) is 0 Å². The molecule has 2 aliphatic rings. The predicted octanol–water partition coefficient (Wildman–Crippen LogP) is 0.786. The Morgan fingerprint density at radius 1 is 0.917 bits per heavy atom. The lowest BCUT2D eigenvalue weighted by Crippen LogP contribution is -2.54. The van der Waals surface area contributed by atoms with Crippen molar-refractivity contribution in [2.45, 2.75) is 36.9 Å². The maximum absolute atomic E-state index is 10.4. The monoisotopic (exact) mass is 506 g/mol. The Morgan fingerprint density at radius 2 is 1.61 bits per heavy atom. The first-order valence-electron chi connectivity index (χ1n) is 11.8. The van der Waals surface area contributed by atoms with Crippen molar-refractivity contribution in [3.05, 3.63) is 47.0 Å². The van der Waals surface area contributed by atoms with Crippen LogP contribution >= 0.6 is 0 Å². The summed E-state index contributed by atoms with van der Waals surface area (Å²) in [7, 11) is 4.60. The van der Waals surface area contributed by atoms with Crippen LogP contribution in [0, 0.1) is 11.8 Å². The summed E-state index contributed by atoms with van der Waals surface area (Å²) < 4.78 is 27.8. The fraction of sp³-hybridized carbons (Fsp3) is 0.538. The van der Waals surface area contributed by atoms with Gasteiger partial charge in [-0.3, -0.25) is 0 Å². The highest BCUT2D eigenvalue weighted by atomic mass is 16.7. The molecule has 0 spiro atoms. The maximum Gasteiger partial charge on any atom is 0.186 e. The van der Waals surface area contributed by atoms with Crippen LogP contribution in [-0.2, 0) is 15.9 Å². The van der Waals surface area contributed by atoms with Gasteiger partial charge < -0.3 is 49.2 Å². The van der Waals surface area contributed by atoms with E-state index in [1.807, 2.05) is 12.1 Å². The van der Waals surface area contributed by atoms with E-state index in [0.29, 0.717) is 23.7 Å². The molecule has 7 atom stereocenters. The van der Waals surface area contributed by atoms with Crippen molar-refractivity contribution in [1.82, 2.24) is 0 Å². The summed E-state index contributed by atoms with van der Waals surface area (Å²) in [5, 5.41) is 50.7. The number of aromatic hydroxyl groups is 1. The quantitative estimate of drug-likeness (QED) is 0.348. The molecule has 5 N–H and O–H groups in total. The number of rotatable bonds is 8. The third-order valence-corrected chi connectivity index (χ3v) is 7.20. The third kappa shape index (κ3) is 4.97. The summed E-state index contributed by atoms with van der Waals surface area (Å²) in [6.07, 6.45) is -4.61. The van der Waals surface area contributed by atoms with Crippen LogP contribution in [0.25, 0.3) is 0 Å². The van der Waals surface area contributed by atoms with Crippen LogP contribution in [0.2, 0.25) is 0 Å². The van der Waals surface area contributed by atoms with Gasteiger partial charge in [0.05, 0.1) is 34.5 Å². The molecule has 36 heavy (non-hydrogen) atoms. The van der Waals surface area contributed by atoms with E-state index in [-0.39, 0.29) is 43.3 Å². The van der Waals surface area contributed by atoms with Gasteiger partial charge >= 0.3 is 0 Å². The minimum atomic E-state index is -1.42. The number of phenolic OH excluding ortho intramolecular Hbond substituents is 1. The molecule has 1 aliphatic heterocycles. The van der Waals surface area contributed by atoms with Crippen molar-refractivity contribution in [2.24, 2.45) is 11.8 Å². The van der Waals surface area contributed by atoms with E-state index < -0.39 is 24.6 Å². The first kappa shape index (κ1) is 26.5. The largest absolute Gasteiger partial charge is 0.504 e. The topological polar surface area (TPSA) is 147 Å². The lowest BCUT2D eigenvalue weighted by atomic mass is 9.67. The number of fused-ring (bicyclic) bond motifs is 1. The summed E-state index contributed by atoms with van der Waals surface area (Å²) in [6.45, 7) is -0.213. The van der Waals surface area contributed by atoms with Gasteiger partial charge in [0, 0.05) is 12.5 Å². The van der Waals surface area contributed by atoms with Gasteiger partial charge in [0.2, 0.25) is 0 Å². The second-order valence-corrected chi connectivity index (χ2v) is 9.21. The molecular weight excluding hydrogens is 472 g/mol. The normalized spacial score (nSPS) is 29.9. The van der Waals surface area contributed by atoms with Gasteiger partial charge in [-0.15, -0.1) is 0 Å². The lowest BCUT2D eigenvalue weighted by molar-refractivity contribution is -0.274. The zero-order chi connectivity index (χ0) is 26.0. The molecule has 0 aromatic heterocycles. The van der Waals surface area contributed by atoms with E-state index >= 15 is 0 Å². The van der Waals surface area contributed by atoms with E-state index in [1.165, 1.54) is 7.11 Å². The van der Waals surface area contributed by atoms with E-state index in [4.69, 9.17) is 23.7 Å². The minimum Gasteiger partial charge on any atom is -0.504 e. The first-order valence-corrected chi connectivity index (χ1v) is 11.8. The molecule has 1 saturated heterocycles. The van der Waals surface area contributed by atoms with Crippen LogP contribution in [0.4, 0.5) is 0 Å². The average Bonchev–Trinajstić information content (AvgIpc) is 2.90. The Bertz CT molecular complexity index is 1040. The van der Waals surface area contributed by atoms with E-state index in [0.717, 1.165) is 16.7 Å². The third-order valence-electron chi connectivity index (χ3n) is 7.20. The van der Waals surface area contributed by atoms with Crippen molar-refractivity contribution in [3.8, 4) is 23.0 Å². The summed E-state index contributed by atoms with van der Waals surface area (Å²) >= 11 is 0. The smallest absolute Gasteiger partial charge is 0.186 e. The molecule has 0 bridgehead atoms. The molecule has 0 amide bonds. The molecule has 1 fully saturated rings. The van der Waals surface area contributed by atoms with E-state index in [2.05, 4.69) is 0 Å². The van der Waals surface area contributed by atoms with Crippen molar-refractivity contribution >= 4 is 0 Å². The average molecular weight is 507 g/mol. The molecule has 0 saturated carbocycles. The number of ether oxygens (including phenoxy) is 5. The Labute approximate surface area is 209 Å². The van der Waals surface area contributed by atoms with Crippen LogP contribution in [0.1, 0.15) is 22.6 Å². The van der Waals surface area contributed by atoms with Crippen LogP contribution in [0.15, 0.2) is 30.3 Å². The van der Waals surface area contributed by atoms with Crippen LogP contribution in [0.5, 0.6) is 23.0 Å².